The van der Waals surface area contributed by atoms with Gasteiger partial charge in [0.1, 0.15) is 0 Å². The second-order valence-corrected chi connectivity index (χ2v) is 15.4. The van der Waals surface area contributed by atoms with Crippen molar-refractivity contribution in [1.29, 1.82) is 0 Å². The van der Waals surface area contributed by atoms with E-state index in [4.69, 9.17) is 0 Å². The average Bonchev–Trinajstić information content (AvgIpc) is 2.10. The Hall–Kier alpha value is 1.82. The van der Waals surface area contributed by atoms with Crippen LogP contribution in [0.15, 0.2) is 0 Å². The molecule has 0 heterocycles. The highest BCUT2D eigenvalue weighted by Gasteiger charge is 2.32. The molecule has 0 spiro atoms. The van der Waals surface area contributed by atoms with E-state index in [1.807, 2.05) is 0 Å². The molecule has 0 fully saturated rings. The van der Waals surface area contributed by atoms with Gasteiger partial charge in [-0.3, -0.25) is 0 Å². The molecule has 0 aliphatic carbocycles. The lowest BCUT2D eigenvalue weighted by Crippen LogP contribution is -2.22. The fraction of sp³-hybridized carbons (Fsp3) is 1.00. The maximum Gasteiger partial charge on any atom is -0.0111 e. The summed E-state index contributed by atoms with van der Waals surface area (Å²) in [5, 5.41) is 1.03. The Kier molecular flexibility index (Phi) is 15.0. The third kappa shape index (κ3) is 12.9. The Morgan fingerprint density at radius 2 is 0.857 bits per heavy atom. The fourth-order valence-corrected chi connectivity index (χ4v) is 11.0. The van der Waals surface area contributed by atoms with E-state index in [1.54, 1.807) is 0 Å². The summed E-state index contributed by atoms with van der Waals surface area (Å²) in [5.74, 6) is 3.22. The first kappa shape index (κ1) is 27.7. The number of rotatable bonds is 6. The van der Waals surface area contributed by atoms with Crippen LogP contribution < -0.4 is 0 Å². The maximum atomic E-state index is 2.46. The molecule has 0 saturated carbocycles. The van der Waals surface area contributed by atoms with Crippen LogP contribution in [0.3, 0.4) is 0 Å². The molecule has 0 amide bonds. The fourth-order valence-electron chi connectivity index (χ4n) is 2.18. The van der Waals surface area contributed by atoms with Crippen molar-refractivity contribution in [3.8, 4) is 0 Å². The van der Waals surface area contributed by atoms with Crippen LogP contribution in [-0.4, -0.2) is 28.5 Å². The smallest absolute Gasteiger partial charge is 0.0111 e. The van der Waals surface area contributed by atoms with Crippen molar-refractivity contribution in [3.05, 3.63) is 0 Å². The zero-order valence-electron chi connectivity index (χ0n) is 16.0. The van der Waals surface area contributed by atoms with Gasteiger partial charge in [0, 0.05) is 0 Å². The molecule has 132 valence electrons. The first-order valence-electron chi connectivity index (χ1n) is 7.84. The molecule has 0 aliphatic heterocycles. The number of hydrogen-bond acceptors (Lipinski definition) is 0. The summed E-state index contributed by atoms with van der Waals surface area (Å²) in [6.07, 6.45) is 2.90. The van der Waals surface area contributed by atoms with Crippen LogP contribution in [0.25, 0.3) is 0 Å². The molecule has 0 N–H and O–H groups in total. The van der Waals surface area contributed by atoms with E-state index in [9.17, 15) is 0 Å². The summed E-state index contributed by atoms with van der Waals surface area (Å²) < 4.78 is 0. The lowest BCUT2D eigenvalue weighted by atomic mass is 10.2. The largest absolute Gasteiger partial charge is 0.114 e. The Morgan fingerprint density at radius 1 is 0.619 bits per heavy atom. The molecule has 2 atom stereocenters. The molecule has 4 heteroatoms. The van der Waals surface area contributed by atoms with Gasteiger partial charge in [0.2, 0.25) is 0 Å². The molecule has 0 nitrogen and oxygen atoms in total. The highest BCUT2D eigenvalue weighted by atomic mass is 79.9. The zero-order chi connectivity index (χ0) is 15.4. The molecular formula is C17H40Br2P2. The molecule has 2 unspecified atom stereocenters. The topological polar surface area (TPSA) is 0 Å². The highest BCUT2D eigenvalue weighted by molar-refractivity contribution is 8.93. The third-order valence-electron chi connectivity index (χ3n) is 3.41. The lowest BCUT2D eigenvalue weighted by molar-refractivity contribution is 0.708. The molecule has 0 radical (unpaired) electrons. The van der Waals surface area contributed by atoms with E-state index in [2.05, 4.69) is 69.2 Å². The van der Waals surface area contributed by atoms with Gasteiger partial charge in [-0.05, 0) is 40.4 Å². The monoisotopic (exact) mass is 464 g/mol. The Balaban J connectivity index is -0.00000162. The van der Waals surface area contributed by atoms with Gasteiger partial charge in [-0.2, -0.15) is 0 Å². The van der Waals surface area contributed by atoms with Crippen molar-refractivity contribution < 1.29 is 0 Å². The highest BCUT2D eigenvalue weighted by Crippen LogP contribution is 2.63. The van der Waals surface area contributed by atoms with Gasteiger partial charge in [-0.1, -0.05) is 85.1 Å². The summed E-state index contributed by atoms with van der Waals surface area (Å²) in [6.45, 7) is 24.4. The summed E-state index contributed by atoms with van der Waals surface area (Å²) in [5.41, 5.74) is 0. The summed E-state index contributed by atoms with van der Waals surface area (Å²) in [4.78, 5) is 0. The second-order valence-electron chi connectivity index (χ2n) is 8.72. The minimum Gasteiger partial charge on any atom is -0.114 e. The first-order chi connectivity index (χ1) is 8.34. The molecule has 21 heavy (non-hydrogen) atoms. The van der Waals surface area contributed by atoms with Gasteiger partial charge >= 0.3 is 0 Å². The minimum absolute atomic E-state index is 0. The van der Waals surface area contributed by atoms with E-state index in [0.717, 1.165) is 11.8 Å². The van der Waals surface area contributed by atoms with Gasteiger partial charge in [0.25, 0.3) is 0 Å². The van der Waals surface area contributed by atoms with Crippen LogP contribution in [0, 0.1) is 11.8 Å². The average molecular weight is 466 g/mol. The molecule has 0 rings (SSSR count). The van der Waals surface area contributed by atoms with Gasteiger partial charge in [0.05, 0.1) is 0 Å². The van der Waals surface area contributed by atoms with Crippen molar-refractivity contribution >= 4 is 49.8 Å². The van der Waals surface area contributed by atoms with E-state index >= 15 is 0 Å². The standard InChI is InChI=1S/C17H38P2.2BrH/c1-14(2)11-18(16(5,6)7)13-19(12-15(3)4)17(8,9)10;;/h14-15H,11-13H2,1-10H3;2*1H. The number of halogens is 2. The SMILES string of the molecule is Br.Br.CC(C)CP(CP(CC(C)C)C(C)(C)C)C(C)(C)C. The van der Waals surface area contributed by atoms with Gasteiger partial charge in [-0.25, -0.2) is 0 Å². The Morgan fingerprint density at radius 3 is 1.00 bits per heavy atom. The Labute approximate surface area is 159 Å². The van der Waals surface area contributed by atoms with E-state index < -0.39 is 0 Å². The van der Waals surface area contributed by atoms with Crippen molar-refractivity contribution in [1.82, 2.24) is 0 Å². The van der Waals surface area contributed by atoms with E-state index in [-0.39, 0.29) is 49.8 Å². The molecule has 0 aromatic carbocycles. The molecule has 0 aromatic rings. The van der Waals surface area contributed by atoms with E-state index in [0.29, 0.717) is 10.3 Å². The van der Waals surface area contributed by atoms with Crippen LogP contribution >= 0.6 is 49.8 Å². The van der Waals surface area contributed by atoms with Crippen molar-refractivity contribution in [2.75, 3.05) is 18.2 Å². The number of hydrogen-bond donors (Lipinski definition) is 0. The third-order valence-corrected chi connectivity index (χ3v) is 12.3. The predicted molar refractivity (Wildman–Crippen MR) is 118 cm³/mol. The molecule has 0 saturated heterocycles. The lowest BCUT2D eigenvalue weighted by Gasteiger charge is -2.41. The minimum atomic E-state index is 0. The normalized spacial score (nSPS) is 15.4. The molecule has 0 aliphatic rings. The van der Waals surface area contributed by atoms with Crippen molar-refractivity contribution in [2.24, 2.45) is 11.8 Å². The van der Waals surface area contributed by atoms with Crippen LogP contribution in [0.5, 0.6) is 0 Å². The molecule has 0 aromatic heterocycles. The predicted octanol–water partition coefficient (Wildman–Crippen LogP) is 7.97. The Bertz CT molecular complexity index is 226. The van der Waals surface area contributed by atoms with Crippen molar-refractivity contribution in [3.63, 3.8) is 0 Å². The summed E-state index contributed by atoms with van der Waals surface area (Å²) >= 11 is 0. The summed E-state index contributed by atoms with van der Waals surface area (Å²) in [6, 6.07) is 0. The second kappa shape index (κ2) is 11.4. The van der Waals surface area contributed by atoms with Crippen molar-refractivity contribution in [2.45, 2.75) is 79.5 Å². The van der Waals surface area contributed by atoms with Crippen LogP contribution in [0.4, 0.5) is 0 Å². The molecular weight excluding hydrogens is 426 g/mol. The zero-order valence-corrected chi connectivity index (χ0v) is 21.2. The van der Waals surface area contributed by atoms with Crippen LogP contribution in [0.2, 0.25) is 0 Å². The molecule has 0 bridgehead atoms. The first-order valence-corrected chi connectivity index (χ1v) is 11.3. The van der Waals surface area contributed by atoms with E-state index in [1.165, 1.54) is 18.2 Å². The summed E-state index contributed by atoms with van der Waals surface area (Å²) in [7, 11) is 0.307. The maximum absolute atomic E-state index is 2.46. The van der Waals surface area contributed by atoms with Crippen LogP contribution in [0.1, 0.15) is 69.2 Å². The quantitative estimate of drug-likeness (QED) is 0.349. The van der Waals surface area contributed by atoms with Gasteiger partial charge in [0.15, 0.2) is 0 Å². The van der Waals surface area contributed by atoms with Crippen LogP contribution in [-0.2, 0) is 0 Å². The van der Waals surface area contributed by atoms with Gasteiger partial charge in [-0.15, -0.1) is 34.0 Å². The van der Waals surface area contributed by atoms with Gasteiger partial charge < -0.3 is 0 Å².